The highest BCUT2D eigenvalue weighted by molar-refractivity contribution is 5.74. The molecule has 0 aliphatic carbocycles. The number of hydrogen-bond acceptors (Lipinski definition) is 4. The zero-order chi connectivity index (χ0) is 13.3. The molecule has 0 fully saturated rings. The van der Waals surface area contributed by atoms with Crippen LogP contribution in [0.1, 0.15) is 32.8 Å². The zero-order valence-electron chi connectivity index (χ0n) is 11.3. The fraction of sp³-hybridized carbons (Fsp3) is 0.462. The molecule has 0 bridgehead atoms. The molecule has 1 aromatic heterocycles. The Kier molecular flexibility index (Phi) is 3.07. The van der Waals surface area contributed by atoms with Gasteiger partial charge in [-0.3, -0.25) is 0 Å². The molecule has 18 heavy (non-hydrogen) atoms. The van der Waals surface area contributed by atoms with Crippen LogP contribution in [-0.4, -0.2) is 20.2 Å². The Morgan fingerprint density at radius 2 is 2.06 bits per heavy atom. The summed E-state index contributed by atoms with van der Waals surface area (Å²) in [4.78, 5) is 0. The molecule has 2 N–H and O–H groups in total. The van der Waals surface area contributed by atoms with Crippen molar-refractivity contribution >= 4 is 5.69 Å². The monoisotopic (exact) mass is 245 g/mol. The molecular weight excluding hydrogens is 226 g/mol. The molecule has 0 aliphatic rings. The first-order valence-electron chi connectivity index (χ1n) is 6.11. The summed E-state index contributed by atoms with van der Waals surface area (Å²) in [6, 6.07) is 5.83. The minimum atomic E-state index is -0.131. The third kappa shape index (κ3) is 1.96. The van der Waals surface area contributed by atoms with Gasteiger partial charge >= 0.3 is 0 Å². The second kappa shape index (κ2) is 4.40. The fourth-order valence-electron chi connectivity index (χ4n) is 1.90. The summed E-state index contributed by atoms with van der Waals surface area (Å²) in [5.74, 6) is 0.734. The molecule has 0 unspecified atom stereocenters. The van der Waals surface area contributed by atoms with Crippen LogP contribution in [0.5, 0.6) is 0 Å². The average Bonchev–Trinajstić information content (AvgIpc) is 2.78. The maximum absolute atomic E-state index is 6.06. The van der Waals surface area contributed by atoms with Crippen molar-refractivity contribution < 1.29 is 0 Å². The number of tetrazole rings is 1. The maximum atomic E-state index is 6.06. The number of anilines is 1. The predicted octanol–water partition coefficient (Wildman–Crippen LogP) is 2.38. The van der Waals surface area contributed by atoms with Crippen molar-refractivity contribution in [1.82, 2.24) is 20.2 Å². The van der Waals surface area contributed by atoms with Gasteiger partial charge in [0.05, 0.1) is 5.54 Å². The molecule has 1 aromatic carbocycles. The van der Waals surface area contributed by atoms with Crippen molar-refractivity contribution in [3.05, 3.63) is 23.8 Å². The van der Waals surface area contributed by atoms with E-state index in [0.29, 0.717) is 5.69 Å². The van der Waals surface area contributed by atoms with E-state index < -0.39 is 0 Å². The molecule has 5 heteroatoms. The van der Waals surface area contributed by atoms with E-state index in [4.69, 9.17) is 5.73 Å². The van der Waals surface area contributed by atoms with Crippen LogP contribution in [0, 0.1) is 6.92 Å². The molecule has 5 nitrogen and oxygen atoms in total. The largest absolute Gasteiger partial charge is 0.398 e. The quantitative estimate of drug-likeness (QED) is 0.843. The summed E-state index contributed by atoms with van der Waals surface area (Å²) in [6.07, 6.45) is 0.941. The van der Waals surface area contributed by atoms with Gasteiger partial charge in [0.1, 0.15) is 0 Å². The Balaban J connectivity index is 2.63. The molecule has 96 valence electrons. The molecule has 0 saturated carbocycles. The van der Waals surface area contributed by atoms with Gasteiger partial charge in [-0.05, 0) is 49.2 Å². The molecule has 0 saturated heterocycles. The Hall–Kier alpha value is -1.91. The van der Waals surface area contributed by atoms with Gasteiger partial charge in [-0.2, -0.15) is 0 Å². The molecule has 0 aliphatic heterocycles. The third-order valence-electron chi connectivity index (χ3n) is 3.44. The standard InChI is InChI=1S/C13H19N5/c1-5-13(3,4)18-12(15-16-17-18)11-9(2)7-6-8-10(11)14/h6-8H,5,14H2,1-4H3. The van der Waals surface area contributed by atoms with E-state index in [9.17, 15) is 0 Å². The van der Waals surface area contributed by atoms with E-state index in [0.717, 1.165) is 23.4 Å². The second-order valence-corrected chi connectivity index (χ2v) is 5.12. The molecule has 0 amide bonds. The Morgan fingerprint density at radius 1 is 1.33 bits per heavy atom. The van der Waals surface area contributed by atoms with Gasteiger partial charge in [0.25, 0.3) is 0 Å². The lowest BCUT2D eigenvalue weighted by molar-refractivity contribution is 0.305. The number of aromatic nitrogens is 4. The van der Waals surface area contributed by atoms with Crippen molar-refractivity contribution in [1.29, 1.82) is 0 Å². The fourth-order valence-corrected chi connectivity index (χ4v) is 1.90. The number of rotatable bonds is 3. The number of nitrogens with two attached hydrogens (primary N) is 1. The Labute approximate surface area is 107 Å². The van der Waals surface area contributed by atoms with Crippen molar-refractivity contribution in [3.63, 3.8) is 0 Å². The van der Waals surface area contributed by atoms with Crippen LogP contribution in [0.2, 0.25) is 0 Å². The summed E-state index contributed by atoms with van der Waals surface area (Å²) in [5, 5.41) is 12.1. The maximum Gasteiger partial charge on any atom is 0.184 e. The molecule has 1 heterocycles. The van der Waals surface area contributed by atoms with Crippen LogP contribution < -0.4 is 5.73 Å². The van der Waals surface area contributed by atoms with E-state index >= 15 is 0 Å². The van der Waals surface area contributed by atoms with E-state index in [1.807, 2.05) is 29.8 Å². The summed E-state index contributed by atoms with van der Waals surface area (Å²) in [7, 11) is 0. The summed E-state index contributed by atoms with van der Waals surface area (Å²) < 4.78 is 1.85. The SMILES string of the molecule is CCC(C)(C)n1nnnc1-c1c(C)cccc1N. The molecule has 0 spiro atoms. The highest BCUT2D eigenvalue weighted by atomic mass is 15.6. The van der Waals surface area contributed by atoms with Crippen LogP contribution in [0.3, 0.4) is 0 Å². The van der Waals surface area contributed by atoms with Crippen molar-refractivity contribution in [3.8, 4) is 11.4 Å². The molecule has 2 aromatic rings. The van der Waals surface area contributed by atoms with E-state index in [1.54, 1.807) is 0 Å². The smallest absolute Gasteiger partial charge is 0.184 e. The Bertz CT molecular complexity index is 536. The van der Waals surface area contributed by atoms with E-state index in [2.05, 4.69) is 36.3 Å². The number of nitrogen functional groups attached to an aromatic ring is 1. The molecule has 0 radical (unpaired) electrons. The minimum Gasteiger partial charge on any atom is -0.398 e. The van der Waals surface area contributed by atoms with Crippen molar-refractivity contribution in [2.75, 3.05) is 5.73 Å². The predicted molar refractivity (Wildman–Crippen MR) is 72.0 cm³/mol. The van der Waals surface area contributed by atoms with Crippen LogP contribution in [0.4, 0.5) is 5.69 Å². The van der Waals surface area contributed by atoms with Crippen LogP contribution in [0.25, 0.3) is 11.4 Å². The molecular formula is C13H19N5. The number of hydrogen-bond donors (Lipinski definition) is 1. The second-order valence-electron chi connectivity index (χ2n) is 5.12. The number of benzene rings is 1. The molecule has 2 rings (SSSR count). The first kappa shape index (κ1) is 12.5. The van der Waals surface area contributed by atoms with Gasteiger partial charge in [0.2, 0.25) is 0 Å². The van der Waals surface area contributed by atoms with Crippen LogP contribution >= 0.6 is 0 Å². The van der Waals surface area contributed by atoms with Crippen molar-refractivity contribution in [2.45, 2.75) is 39.7 Å². The lowest BCUT2D eigenvalue weighted by atomic mass is 10.0. The molecule has 0 atom stereocenters. The lowest BCUT2D eigenvalue weighted by Gasteiger charge is -2.24. The summed E-state index contributed by atoms with van der Waals surface area (Å²) in [6.45, 7) is 8.36. The van der Waals surface area contributed by atoms with E-state index in [1.165, 1.54) is 0 Å². The van der Waals surface area contributed by atoms with Gasteiger partial charge in [0, 0.05) is 11.3 Å². The van der Waals surface area contributed by atoms with Gasteiger partial charge in [0.15, 0.2) is 5.82 Å². The first-order valence-corrected chi connectivity index (χ1v) is 6.11. The topological polar surface area (TPSA) is 69.6 Å². The lowest BCUT2D eigenvalue weighted by Crippen LogP contribution is -2.27. The van der Waals surface area contributed by atoms with Crippen LogP contribution in [-0.2, 0) is 5.54 Å². The van der Waals surface area contributed by atoms with Gasteiger partial charge in [-0.15, -0.1) is 5.10 Å². The van der Waals surface area contributed by atoms with E-state index in [-0.39, 0.29) is 5.54 Å². The normalized spacial score (nSPS) is 11.8. The minimum absolute atomic E-state index is 0.131. The third-order valence-corrected chi connectivity index (χ3v) is 3.44. The van der Waals surface area contributed by atoms with Crippen LogP contribution in [0.15, 0.2) is 18.2 Å². The number of nitrogens with zero attached hydrogens (tertiary/aromatic N) is 4. The van der Waals surface area contributed by atoms with Gasteiger partial charge in [-0.25, -0.2) is 4.68 Å². The Morgan fingerprint density at radius 3 is 2.67 bits per heavy atom. The van der Waals surface area contributed by atoms with Crippen molar-refractivity contribution in [2.24, 2.45) is 0 Å². The number of aryl methyl sites for hydroxylation is 1. The average molecular weight is 245 g/mol. The van der Waals surface area contributed by atoms with Gasteiger partial charge in [-0.1, -0.05) is 19.1 Å². The van der Waals surface area contributed by atoms with Gasteiger partial charge < -0.3 is 5.73 Å². The zero-order valence-corrected chi connectivity index (χ0v) is 11.3. The highest BCUT2D eigenvalue weighted by Gasteiger charge is 2.25. The summed E-state index contributed by atoms with van der Waals surface area (Å²) >= 11 is 0. The highest BCUT2D eigenvalue weighted by Crippen LogP contribution is 2.31. The first-order chi connectivity index (χ1) is 8.47. The summed E-state index contributed by atoms with van der Waals surface area (Å²) in [5.41, 5.74) is 8.63.